The molecular weight excluding hydrogens is 360 g/mol. The lowest BCUT2D eigenvalue weighted by molar-refractivity contribution is -0.385. The molecule has 0 aliphatic rings. The van der Waals surface area contributed by atoms with Crippen molar-refractivity contribution >= 4 is 34.9 Å². The Morgan fingerprint density at radius 3 is 2.42 bits per heavy atom. The zero-order valence-corrected chi connectivity index (χ0v) is 14.9. The third-order valence-corrected chi connectivity index (χ3v) is 3.81. The van der Waals surface area contributed by atoms with Crippen LogP contribution < -0.4 is 5.32 Å². The van der Waals surface area contributed by atoms with E-state index in [9.17, 15) is 19.7 Å². The highest BCUT2D eigenvalue weighted by Crippen LogP contribution is 2.23. The first-order valence-electron chi connectivity index (χ1n) is 7.79. The highest BCUT2D eigenvalue weighted by atomic mass is 35.5. The first kappa shape index (κ1) is 19.4. The van der Waals surface area contributed by atoms with Crippen LogP contribution in [0, 0.1) is 10.1 Å². The van der Waals surface area contributed by atoms with Crippen LogP contribution in [-0.2, 0) is 9.53 Å². The number of ether oxygens (including phenoxy) is 1. The van der Waals surface area contributed by atoms with E-state index in [0.29, 0.717) is 11.6 Å². The number of nitro groups is 1. The fourth-order valence-electron chi connectivity index (χ4n) is 2.19. The average Bonchev–Trinajstić information content (AvgIpc) is 2.59. The summed E-state index contributed by atoms with van der Waals surface area (Å²) in [7, 11) is 0. The van der Waals surface area contributed by atoms with Gasteiger partial charge in [-0.25, -0.2) is 4.79 Å². The Morgan fingerprint density at radius 1 is 1.19 bits per heavy atom. The maximum atomic E-state index is 12.0. The lowest BCUT2D eigenvalue weighted by Gasteiger charge is -2.09. The Hall–Kier alpha value is -2.93. The van der Waals surface area contributed by atoms with Crippen molar-refractivity contribution in [2.75, 3.05) is 11.9 Å². The number of amides is 1. The van der Waals surface area contributed by atoms with E-state index >= 15 is 0 Å². The molecule has 0 aliphatic heterocycles. The molecule has 0 saturated heterocycles. The number of rotatable bonds is 6. The van der Waals surface area contributed by atoms with E-state index < -0.39 is 29.1 Å². The Labute approximate surface area is 155 Å². The van der Waals surface area contributed by atoms with Crippen LogP contribution in [0.1, 0.15) is 35.7 Å². The molecule has 26 heavy (non-hydrogen) atoms. The molecule has 0 radical (unpaired) electrons. The number of benzene rings is 2. The van der Waals surface area contributed by atoms with Gasteiger partial charge in [0, 0.05) is 16.8 Å². The van der Waals surface area contributed by atoms with Crippen LogP contribution in [0.3, 0.4) is 0 Å². The van der Waals surface area contributed by atoms with E-state index in [1.165, 1.54) is 6.07 Å². The summed E-state index contributed by atoms with van der Waals surface area (Å²) in [4.78, 5) is 34.2. The number of carbonyl (C=O) groups is 2. The maximum absolute atomic E-state index is 12.0. The van der Waals surface area contributed by atoms with Gasteiger partial charge in [0.2, 0.25) is 0 Å². The van der Waals surface area contributed by atoms with Gasteiger partial charge < -0.3 is 10.1 Å². The fourth-order valence-corrected chi connectivity index (χ4v) is 2.36. The number of nitro benzene ring substituents is 1. The van der Waals surface area contributed by atoms with Crippen molar-refractivity contribution in [3.05, 3.63) is 68.7 Å². The second kappa shape index (κ2) is 8.44. The van der Waals surface area contributed by atoms with Crippen molar-refractivity contribution in [2.24, 2.45) is 0 Å². The number of nitrogens with zero attached hydrogens (tertiary/aromatic N) is 1. The predicted octanol–water partition coefficient (Wildman–Crippen LogP) is 4.17. The average molecular weight is 377 g/mol. The van der Waals surface area contributed by atoms with E-state index in [2.05, 4.69) is 19.2 Å². The monoisotopic (exact) mass is 376 g/mol. The number of halogens is 1. The van der Waals surface area contributed by atoms with Crippen molar-refractivity contribution in [2.45, 2.75) is 19.8 Å². The van der Waals surface area contributed by atoms with Gasteiger partial charge in [0.1, 0.15) is 5.56 Å². The molecule has 8 heteroatoms. The van der Waals surface area contributed by atoms with E-state index in [1.54, 1.807) is 12.1 Å². The summed E-state index contributed by atoms with van der Waals surface area (Å²) < 4.78 is 4.86. The van der Waals surface area contributed by atoms with Crippen molar-refractivity contribution in [1.82, 2.24) is 0 Å². The SMILES string of the molecule is CC(C)c1ccc(NC(=O)COC(=O)c2cc(Cl)ccc2[N+](=O)[O-])cc1. The van der Waals surface area contributed by atoms with Crippen LogP contribution in [0.25, 0.3) is 0 Å². The van der Waals surface area contributed by atoms with Gasteiger partial charge >= 0.3 is 5.97 Å². The summed E-state index contributed by atoms with van der Waals surface area (Å²) in [6, 6.07) is 10.8. The summed E-state index contributed by atoms with van der Waals surface area (Å²) in [6.45, 7) is 3.54. The van der Waals surface area contributed by atoms with E-state index in [4.69, 9.17) is 16.3 Å². The standard InChI is InChI=1S/C18H17ClN2O5/c1-11(2)12-3-6-14(7-4-12)20-17(22)10-26-18(23)15-9-13(19)5-8-16(15)21(24)25/h3-9,11H,10H2,1-2H3,(H,20,22). The largest absolute Gasteiger partial charge is 0.452 e. The molecule has 136 valence electrons. The van der Waals surface area contributed by atoms with Gasteiger partial charge in [0.25, 0.3) is 11.6 Å². The van der Waals surface area contributed by atoms with Gasteiger partial charge in [0.15, 0.2) is 6.61 Å². The van der Waals surface area contributed by atoms with Gasteiger partial charge in [-0.15, -0.1) is 0 Å². The smallest absolute Gasteiger partial charge is 0.345 e. The minimum atomic E-state index is -0.996. The Morgan fingerprint density at radius 2 is 1.85 bits per heavy atom. The van der Waals surface area contributed by atoms with Gasteiger partial charge in [-0.2, -0.15) is 0 Å². The highest BCUT2D eigenvalue weighted by molar-refractivity contribution is 6.31. The third kappa shape index (κ3) is 5.03. The molecule has 7 nitrogen and oxygen atoms in total. The maximum Gasteiger partial charge on any atom is 0.345 e. The van der Waals surface area contributed by atoms with Gasteiger partial charge in [-0.1, -0.05) is 37.6 Å². The van der Waals surface area contributed by atoms with E-state index in [0.717, 1.165) is 17.7 Å². The van der Waals surface area contributed by atoms with E-state index in [-0.39, 0.29) is 10.6 Å². The molecule has 2 aromatic rings. The Bertz CT molecular complexity index is 834. The molecule has 1 N–H and O–H groups in total. The molecule has 0 atom stereocenters. The summed E-state index contributed by atoms with van der Waals surface area (Å²) in [5.41, 5.74) is 0.938. The second-order valence-corrected chi connectivity index (χ2v) is 6.26. The summed E-state index contributed by atoms with van der Waals surface area (Å²) in [6.07, 6.45) is 0. The number of carbonyl (C=O) groups excluding carboxylic acids is 2. The van der Waals surface area contributed by atoms with Crippen molar-refractivity contribution in [3.63, 3.8) is 0 Å². The van der Waals surface area contributed by atoms with Crippen LogP contribution in [0.15, 0.2) is 42.5 Å². The molecule has 0 fully saturated rings. The number of hydrogen-bond acceptors (Lipinski definition) is 5. The summed E-state index contributed by atoms with van der Waals surface area (Å²) >= 11 is 5.76. The molecule has 0 saturated carbocycles. The van der Waals surface area contributed by atoms with Crippen LogP contribution in [0.4, 0.5) is 11.4 Å². The Kier molecular flexibility index (Phi) is 6.30. The molecule has 1 amide bonds. The number of esters is 1. The summed E-state index contributed by atoms with van der Waals surface area (Å²) in [5, 5.41) is 13.7. The number of nitrogens with one attached hydrogen (secondary N) is 1. The van der Waals surface area contributed by atoms with Gasteiger partial charge in [-0.05, 0) is 35.7 Å². The summed E-state index contributed by atoms with van der Waals surface area (Å²) in [5.74, 6) is -1.18. The lowest BCUT2D eigenvalue weighted by atomic mass is 10.0. The Balaban J connectivity index is 1.98. The normalized spacial score (nSPS) is 10.5. The number of anilines is 1. The van der Waals surface area contributed by atoms with Crippen LogP contribution in [0.5, 0.6) is 0 Å². The van der Waals surface area contributed by atoms with E-state index in [1.807, 2.05) is 12.1 Å². The first-order chi connectivity index (χ1) is 12.3. The zero-order chi connectivity index (χ0) is 19.3. The molecule has 2 aromatic carbocycles. The highest BCUT2D eigenvalue weighted by Gasteiger charge is 2.22. The zero-order valence-electron chi connectivity index (χ0n) is 14.2. The molecule has 0 aliphatic carbocycles. The minimum absolute atomic E-state index is 0.150. The molecular formula is C18H17ClN2O5. The predicted molar refractivity (Wildman–Crippen MR) is 97.5 cm³/mol. The van der Waals surface area contributed by atoms with Crippen molar-refractivity contribution < 1.29 is 19.2 Å². The lowest BCUT2D eigenvalue weighted by Crippen LogP contribution is -2.21. The molecule has 0 unspecified atom stereocenters. The number of hydrogen-bond donors (Lipinski definition) is 1. The first-order valence-corrected chi connectivity index (χ1v) is 8.16. The molecule has 0 bridgehead atoms. The van der Waals surface area contributed by atoms with Crippen LogP contribution in [0.2, 0.25) is 5.02 Å². The van der Waals surface area contributed by atoms with Crippen molar-refractivity contribution in [3.8, 4) is 0 Å². The van der Waals surface area contributed by atoms with Crippen LogP contribution >= 0.6 is 11.6 Å². The second-order valence-electron chi connectivity index (χ2n) is 5.82. The third-order valence-electron chi connectivity index (χ3n) is 3.57. The topological polar surface area (TPSA) is 98.5 Å². The molecule has 2 rings (SSSR count). The molecule has 0 spiro atoms. The molecule has 0 heterocycles. The van der Waals surface area contributed by atoms with Crippen LogP contribution in [-0.4, -0.2) is 23.4 Å². The minimum Gasteiger partial charge on any atom is -0.452 e. The van der Waals surface area contributed by atoms with Gasteiger partial charge in [-0.3, -0.25) is 14.9 Å². The molecule has 0 aromatic heterocycles. The van der Waals surface area contributed by atoms with Crippen molar-refractivity contribution in [1.29, 1.82) is 0 Å². The fraction of sp³-hybridized carbons (Fsp3) is 0.222. The van der Waals surface area contributed by atoms with Gasteiger partial charge in [0.05, 0.1) is 4.92 Å². The quantitative estimate of drug-likeness (QED) is 0.463.